The number of hydrogen-bond acceptors (Lipinski definition) is 5. The molecule has 0 saturated heterocycles. The van der Waals surface area contributed by atoms with E-state index in [1.165, 1.54) is 72.6 Å². The second-order valence-corrected chi connectivity index (χ2v) is 6.70. The topological polar surface area (TPSA) is 116 Å². The van der Waals surface area contributed by atoms with Crippen LogP contribution in [0.1, 0.15) is 41.5 Å². The number of aromatic carboxylic acids is 2. The van der Waals surface area contributed by atoms with Crippen molar-refractivity contribution in [2.75, 3.05) is 26.7 Å². The molecule has 0 radical (unpaired) electrons. The van der Waals surface area contributed by atoms with E-state index < -0.39 is 19.3 Å². The van der Waals surface area contributed by atoms with Crippen LogP contribution in [0.2, 0.25) is 0 Å². The van der Waals surface area contributed by atoms with Gasteiger partial charge in [-0.1, -0.05) is 24.3 Å². The molecule has 0 aliphatic carbocycles. The first-order chi connectivity index (χ1) is 14.2. The Kier molecular flexibility index (Phi) is 9.87. The van der Waals surface area contributed by atoms with Crippen LogP contribution in [0, 0.1) is 0 Å². The summed E-state index contributed by atoms with van der Waals surface area (Å²) in [6.45, 7) is 10.5. The number of carbonyl (C=O) groups is 2. The number of benzene rings is 2. The van der Waals surface area contributed by atoms with Crippen molar-refractivity contribution >= 4 is 19.3 Å². The molecule has 2 N–H and O–H groups in total. The SMILES string of the molecule is CC[N+](C)(CC)CC.O=C(O)c1ccccc1OB([O-])Oc1ccccc1C(=O)O. The highest BCUT2D eigenvalue weighted by atomic mass is 16.7. The quantitative estimate of drug-likeness (QED) is 0.475. The fraction of sp³-hybridized carbons (Fsp3) is 0.333. The minimum atomic E-state index is -2.11. The average Bonchev–Trinajstić information content (AvgIpc) is 2.74. The van der Waals surface area contributed by atoms with E-state index in [1.807, 2.05) is 0 Å². The first-order valence-corrected chi connectivity index (χ1v) is 9.64. The number of nitrogens with zero attached hydrogens (tertiary/aromatic N) is 1. The second kappa shape index (κ2) is 11.8. The van der Waals surface area contributed by atoms with Crippen LogP contribution < -0.4 is 14.3 Å². The van der Waals surface area contributed by atoms with Gasteiger partial charge in [0.25, 0.3) is 0 Å². The van der Waals surface area contributed by atoms with E-state index in [1.54, 1.807) is 0 Å². The lowest BCUT2D eigenvalue weighted by Gasteiger charge is -2.30. The first-order valence-electron chi connectivity index (χ1n) is 9.64. The maximum atomic E-state index is 11.8. The summed E-state index contributed by atoms with van der Waals surface area (Å²) in [6.07, 6.45) is 0. The van der Waals surface area contributed by atoms with Crippen LogP contribution in [-0.2, 0) is 0 Å². The predicted molar refractivity (Wildman–Crippen MR) is 112 cm³/mol. The lowest BCUT2D eigenvalue weighted by molar-refractivity contribution is -0.904. The lowest BCUT2D eigenvalue weighted by atomic mass is 10.1. The van der Waals surface area contributed by atoms with Gasteiger partial charge >= 0.3 is 19.3 Å². The molecule has 0 amide bonds. The van der Waals surface area contributed by atoms with Gasteiger partial charge in [-0.3, -0.25) is 0 Å². The fourth-order valence-corrected chi connectivity index (χ4v) is 2.39. The molecule has 0 saturated carbocycles. The van der Waals surface area contributed by atoms with E-state index in [-0.39, 0.29) is 22.6 Å². The van der Waals surface area contributed by atoms with Crippen molar-refractivity contribution in [1.29, 1.82) is 0 Å². The van der Waals surface area contributed by atoms with Gasteiger partial charge in [0.1, 0.15) is 11.5 Å². The second-order valence-electron chi connectivity index (χ2n) is 6.70. The Morgan fingerprint density at radius 1 is 0.833 bits per heavy atom. The summed E-state index contributed by atoms with van der Waals surface area (Å²) >= 11 is 0. The van der Waals surface area contributed by atoms with Crippen molar-refractivity contribution in [2.45, 2.75) is 20.8 Å². The Morgan fingerprint density at radius 3 is 1.43 bits per heavy atom. The zero-order chi connectivity index (χ0) is 22.7. The maximum Gasteiger partial charge on any atom is 0.492 e. The van der Waals surface area contributed by atoms with Gasteiger partial charge in [0, 0.05) is 0 Å². The van der Waals surface area contributed by atoms with Gasteiger partial charge < -0.3 is 29.0 Å². The first kappa shape index (κ1) is 25.0. The van der Waals surface area contributed by atoms with Gasteiger partial charge in [-0.15, -0.1) is 0 Å². The molecule has 0 heterocycles. The Morgan fingerprint density at radius 2 is 1.17 bits per heavy atom. The minimum absolute atomic E-state index is 0.164. The molecule has 0 atom stereocenters. The summed E-state index contributed by atoms with van der Waals surface area (Å²) in [5, 5.41) is 29.8. The Balaban J connectivity index is 0.000000479. The minimum Gasteiger partial charge on any atom is -0.808 e. The molecule has 9 heteroatoms. The molecule has 162 valence electrons. The summed E-state index contributed by atoms with van der Waals surface area (Å²) in [6, 6.07) is 11.1. The summed E-state index contributed by atoms with van der Waals surface area (Å²) < 4.78 is 11.0. The molecule has 0 bridgehead atoms. The van der Waals surface area contributed by atoms with E-state index >= 15 is 0 Å². The fourth-order valence-electron chi connectivity index (χ4n) is 2.39. The molecule has 0 aliphatic rings. The van der Waals surface area contributed by atoms with Crippen molar-refractivity contribution in [3.63, 3.8) is 0 Å². The summed E-state index contributed by atoms with van der Waals surface area (Å²) in [4.78, 5) is 22.0. The third-order valence-corrected chi connectivity index (χ3v) is 4.97. The molecule has 30 heavy (non-hydrogen) atoms. The molecule has 0 fully saturated rings. The molecule has 0 spiro atoms. The third-order valence-electron chi connectivity index (χ3n) is 4.97. The van der Waals surface area contributed by atoms with Crippen molar-refractivity contribution < 1.29 is 38.6 Å². The van der Waals surface area contributed by atoms with E-state index in [0.717, 1.165) is 0 Å². The number of rotatable bonds is 9. The van der Waals surface area contributed by atoms with Crippen LogP contribution >= 0.6 is 0 Å². The highest BCUT2D eigenvalue weighted by molar-refractivity contribution is 6.35. The van der Waals surface area contributed by atoms with Crippen molar-refractivity contribution in [2.24, 2.45) is 0 Å². The van der Waals surface area contributed by atoms with Crippen LogP contribution in [0.25, 0.3) is 0 Å². The summed E-state index contributed by atoms with van der Waals surface area (Å²) in [7, 11) is 0.181. The largest absolute Gasteiger partial charge is 0.808 e. The van der Waals surface area contributed by atoms with Crippen LogP contribution in [0.3, 0.4) is 0 Å². The lowest BCUT2D eigenvalue weighted by Crippen LogP contribution is -2.44. The molecule has 2 rings (SSSR count). The smallest absolute Gasteiger partial charge is 0.492 e. The number of para-hydroxylation sites is 2. The van der Waals surface area contributed by atoms with Crippen LogP contribution in [-0.4, -0.2) is 60.6 Å². The molecule has 8 nitrogen and oxygen atoms in total. The van der Waals surface area contributed by atoms with Gasteiger partial charge in [-0.25, -0.2) is 9.59 Å². The number of hydrogen-bond donors (Lipinski definition) is 2. The molecule has 0 aliphatic heterocycles. The zero-order valence-corrected chi connectivity index (χ0v) is 17.7. The van der Waals surface area contributed by atoms with Crippen molar-refractivity contribution in [1.82, 2.24) is 0 Å². The molecule has 0 aromatic heterocycles. The van der Waals surface area contributed by atoms with Crippen LogP contribution in [0.5, 0.6) is 11.5 Å². The van der Waals surface area contributed by atoms with E-state index in [4.69, 9.17) is 19.5 Å². The molecular formula is C21H28BNO7. The van der Waals surface area contributed by atoms with E-state index in [2.05, 4.69) is 27.8 Å². The standard InChI is InChI=1S/C14H10BO7.C7H18N/c16-13(17)9-5-1-3-7-11(9)21-15(20)22-12-8-4-2-6-10(12)14(18)19;1-5-8(4,6-2)7-3/h1-8H,(H,16,17)(H,18,19);5-7H2,1-4H3/q-1;+1. The van der Waals surface area contributed by atoms with Gasteiger partial charge in [0.15, 0.2) is 0 Å². The number of quaternary nitrogens is 1. The van der Waals surface area contributed by atoms with Gasteiger partial charge in [-0.2, -0.15) is 0 Å². The number of carboxylic acids is 2. The zero-order valence-electron chi connectivity index (χ0n) is 17.7. The van der Waals surface area contributed by atoms with Crippen LogP contribution in [0.15, 0.2) is 48.5 Å². The summed E-state index contributed by atoms with van der Waals surface area (Å²) in [5.74, 6) is -2.84. The maximum absolute atomic E-state index is 11.8. The van der Waals surface area contributed by atoms with E-state index in [9.17, 15) is 14.6 Å². The summed E-state index contributed by atoms with van der Waals surface area (Å²) in [5.41, 5.74) is -0.392. The average molecular weight is 417 g/mol. The Labute approximate surface area is 177 Å². The highest BCUT2D eigenvalue weighted by Gasteiger charge is 2.17. The molecular weight excluding hydrogens is 389 g/mol. The van der Waals surface area contributed by atoms with Gasteiger partial charge in [0.2, 0.25) is 0 Å². The van der Waals surface area contributed by atoms with Gasteiger partial charge in [-0.05, 0) is 45.0 Å². The van der Waals surface area contributed by atoms with Crippen LogP contribution in [0.4, 0.5) is 0 Å². The van der Waals surface area contributed by atoms with Crippen molar-refractivity contribution in [3.05, 3.63) is 59.7 Å². The molecule has 0 unspecified atom stereocenters. The normalized spacial score (nSPS) is 10.4. The predicted octanol–water partition coefficient (Wildman–Crippen LogP) is 2.38. The third kappa shape index (κ3) is 7.42. The molecule has 2 aromatic rings. The van der Waals surface area contributed by atoms with E-state index in [0.29, 0.717) is 0 Å². The molecule has 2 aromatic carbocycles. The Bertz CT molecular complexity index is 772. The van der Waals surface area contributed by atoms with Gasteiger partial charge in [0.05, 0.1) is 37.8 Å². The number of carboxylic acid groups (broad SMARTS) is 2. The highest BCUT2D eigenvalue weighted by Crippen LogP contribution is 2.21. The van der Waals surface area contributed by atoms with Crippen molar-refractivity contribution in [3.8, 4) is 11.5 Å². The Hall–Kier alpha value is -3.04. The monoisotopic (exact) mass is 417 g/mol.